The summed E-state index contributed by atoms with van der Waals surface area (Å²) >= 11 is 6.29. The highest BCUT2D eigenvalue weighted by molar-refractivity contribution is 6.33. The lowest BCUT2D eigenvalue weighted by atomic mass is 9.99. The molecule has 0 unspecified atom stereocenters. The monoisotopic (exact) mass is 269 g/mol. The lowest BCUT2D eigenvalue weighted by molar-refractivity contribution is 1.24. The van der Waals surface area contributed by atoms with Crippen LogP contribution in [0.5, 0.6) is 0 Å². The third-order valence-electron chi connectivity index (χ3n) is 3.11. The molecule has 0 amide bonds. The smallest absolute Gasteiger partial charge is 0.220 e. The summed E-state index contributed by atoms with van der Waals surface area (Å²) in [6.45, 7) is 2.05. The van der Waals surface area contributed by atoms with E-state index in [-0.39, 0.29) is 5.95 Å². The van der Waals surface area contributed by atoms with E-state index in [0.717, 1.165) is 32.6 Å². The van der Waals surface area contributed by atoms with Crippen LogP contribution in [-0.2, 0) is 0 Å². The lowest BCUT2D eigenvalue weighted by Gasteiger charge is -2.09. The minimum Gasteiger partial charge on any atom is -0.368 e. The Morgan fingerprint density at radius 2 is 2.00 bits per heavy atom. The van der Waals surface area contributed by atoms with E-state index in [4.69, 9.17) is 17.3 Å². The summed E-state index contributed by atoms with van der Waals surface area (Å²) in [5.74, 6) is 0.286. The Labute approximate surface area is 116 Å². The SMILES string of the molecule is Cc1cccc(Cl)c1-c1ccc2nc(N)ncc2c1. The van der Waals surface area contributed by atoms with Crippen molar-refractivity contribution >= 4 is 28.5 Å². The molecular weight excluding hydrogens is 258 g/mol. The first kappa shape index (κ1) is 11.9. The number of hydrogen-bond acceptors (Lipinski definition) is 3. The predicted molar refractivity (Wildman–Crippen MR) is 79.1 cm³/mol. The van der Waals surface area contributed by atoms with Gasteiger partial charge in [0.05, 0.1) is 5.52 Å². The minimum absolute atomic E-state index is 0.286. The molecule has 1 heterocycles. The molecule has 4 heteroatoms. The standard InChI is InChI=1S/C15H12ClN3/c1-9-3-2-4-12(16)14(9)10-5-6-13-11(7-10)8-18-15(17)19-13/h2-8H,1H3,(H2,17,18,19). The van der Waals surface area contributed by atoms with Crippen LogP contribution in [0.15, 0.2) is 42.6 Å². The first-order valence-electron chi connectivity index (χ1n) is 5.93. The maximum absolute atomic E-state index is 6.29. The molecule has 0 saturated carbocycles. The van der Waals surface area contributed by atoms with Crippen LogP contribution >= 0.6 is 11.6 Å². The molecular formula is C15H12ClN3. The number of hydrogen-bond donors (Lipinski definition) is 1. The van der Waals surface area contributed by atoms with Gasteiger partial charge in [-0.15, -0.1) is 0 Å². The third-order valence-corrected chi connectivity index (χ3v) is 3.42. The maximum Gasteiger partial charge on any atom is 0.220 e. The van der Waals surface area contributed by atoms with E-state index in [9.17, 15) is 0 Å². The second-order valence-corrected chi connectivity index (χ2v) is 4.84. The average Bonchev–Trinajstić information content (AvgIpc) is 2.38. The molecule has 3 rings (SSSR count). The number of nitrogen functional groups attached to an aromatic ring is 1. The molecule has 0 fully saturated rings. The zero-order chi connectivity index (χ0) is 13.4. The van der Waals surface area contributed by atoms with Crippen molar-refractivity contribution in [3.05, 3.63) is 53.2 Å². The van der Waals surface area contributed by atoms with Crippen molar-refractivity contribution in [1.82, 2.24) is 9.97 Å². The largest absolute Gasteiger partial charge is 0.368 e. The summed E-state index contributed by atoms with van der Waals surface area (Å²) in [7, 11) is 0. The molecule has 0 aliphatic rings. The van der Waals surface area contributed by atoms with Crippen molar-refractivity contribution in [3.63, 3.8) is 0 Å². The number of anilines is 1. The highest BCUT2D eigenvalue weighted by atomic mass is 35.5. The van der Waals surface area contributed by atoms with Gasteiger partial charge in [-0.25, -0.2) is 9.97 Å². The Balaban J connectivity index is 2.24. The zero-order valence-corrected chi connectivity index (χ0v) is 11.1. The second kappa shape index (κ2) is 4.52. The van der Waals surface area contributed by atoms with Crippen LogP contribution in [0.1, 0.15) is 5.56 Å². The van der Waals surface area contributed by atoms with Gasteiger partial charge in [-0.2, -0.15) is 0 Å². The molecule has 0 aliphatic heterocycles. The van der Waals surface area contributed by atoms with E-state index in [1.807, 2.05) is 43.3 Å². The topological polar surface area (TPSA) is 51.8 Å². The number of fused-ring (bicyclic) bond motifs is 1. The van der Waals surface area contributed by atoms with Crippen molar-refractivity contribution in [1.29, 1.82) is 0 Å². The number of nitrogens with two attached hydrogens (primary N) is 1. The number of benzene rings is 2. The van der Waals surface area contributed by atoms with E-state index < -0.39 is 0 Å². The zero-order valence-electron chi connectivity index (χ0n) is 10.4. The maximum atomic E-state index is 6.29. The summed E-state index contributed by atoms with van der Waals surface area (Å²) in [6, 6.07) is 11.9. The molecule has 0 atom stereocenters. The van der Waals surface area contributed by atoms with Gasteiger partial charge in [0.2, 0.25) is 5.95 Å². The van der Waals surface area contributed by atoms with Gasteiger partial charge in [-0.1, -0.05) is 29.8 Å². The normalized spacial score (nSPS) is 10.8. The fourth-order valence-electron chi connectivity index (χ4n) is 2.20. The molecule has 19 heavy (non-hydrogen) atoms. The number of halogens is 1. The van der Waals surface area contributed by atoms with Gasteiger partial charge < -0.3 is 5.73 Å². The van der Waals surface area contributed by atoms with E-state index in [1.54, 1.807) is 6.20 Å². The van der Waals surface area contributed by atoms with Crippen molar-refractivity contribution in [3.8, 4) is 11.1 Å². The van der Waals surface area contributed by atoms with Crippen LogP contribution < -0.4 is 5.73 Å². The van der Waals surface area contributed by atoms with Crippen LogP contribution in [0.2, 0.25) is 5.02 Å². The van der Waals surface area contributed by atoms with E-state index >= 15 is 0 Å². The number of rotatable bonds is 1. The first-order valence-corrected chi connectivity index (χ1v) is 6.31. The van der Waals surface area contributed by atoms with Crippen LogP contribution in [0.3, 0.4) is 0 Å². The second-order valence-electron chi connectivity index (χ2n) is 4.43. The average molecular weight is 270 g/mol. The van der Waals surface area contributed by atoms with Crippen LogP contribution in [0.4, 0.5) is 5.95 Å². The molecule has 2 aromatic carbocycles. The molecule has 0 spiro atoms. The van der Waals surface area contributed by atoms with Crippen molar-refractivity contribution in [2.24, 2.45) is 0 Å². The Kier molecular flexibility index (Phi) is 2.84. The molecule has 3 nitrogen and oxygen atoms in total. The molecule has 3 aromatic rings. The van der Waals surface area contributed by atoms with Crippen molar-refractivity contribution in [2.75, 3.05) is 5.73 Å². The van der Waals surface area contributed by atoms with E-state index in [0.29, 0.717) is 0 Å². The van der Waals surface area contributed by atoms with Gasteiger partial charge in [-0.05, 0) is 36.2 Å². The van der Waals surface area contributed by atoms with Gasteiger partial charge in [0, 0.05) is 22.2 Å². The summed E-state index contributed by atoms with van der Waals surface area (Å²) in [5.41, 5.74) is 9.66. The van der Waals surface area contributed by atoms with Crippen LogP contribution in [-0.4, -0.2) is 9.97 Å². The van der Waals surface area contributed by atoms with Crippen molar-refractivity contribution in [2.45, 2.75) is 6.92 Å². The molecule has 2 N–H and O–H groups in total. The van der Waals surface area contributed by atoms with Gasteiger partial charge >= 0.3 is 0 Å². The summed E-state index contributed by atoms with van der Waals surface area (Å²) < 4.78 is 0. The fraction of sp³-hybridized carbons (Fsp3) is 0.0667. The number of aromatic nitrogens is 2. The minimum atomic E-state index is 0.286. The lowest BCUT2D eigenvalue weighted by Crippen LogP contribution is -1.94. The van der Waals surface area contributed by atoms with Gasteiger partial charge in [-0.3, -0.25) is 0 Å². The molecule has 1 aromatic heterocycles. The summed E-state index contributed by atoms with van der Waals surface area (Å²) in [4.78, 5) is 8.21. The predicted octanol–water partition coefficient (Wildman–Crippen LogP) is 3.84. The van der Waals surface area contributed by atoms with Gasteiger partial charge in [0.25, 0.3) is 0 Å². The highest BCUT2D eigenvalue weighted by Gasteiger charge is 2.08. The third kappa shape index (κ3) is 2.13. The molecule has 94 valence electrons. The molecule has 0 saturated heterocycles. The van der Waals surface area contributed by atoms with Crippen LogP contribution in [0, 0.1) is 6.92 Å². The van der Waals surface area contributed by atoms with Crippen molar-refractivity contribution < 1.29 is 0 Å². The molecule has 0 bridgehead atoms. The molecule has 0 aliphatic carbocycles. The summed E-state index contributed by atoms with van der Waals surface area (Å²) in [5, 5.41) is 1.70. The Morgan fingerprint density at radius 3 is 2.79 bits per heavy atom. The summed E-state index contributed by atoms with van der Waals surface area (Å²) in [6.07, 6.45) is 1.73. The van der Waals surface area contributed by atoms with Gasteiger partial charge in [0.15, 0.2) is 0 Å². The molecule has 0 radical (unpaired) electrons. The first-order chi connectivity index (χ1) is 9.15. The number of nitrogens with zero attached hydrogens (tertiary/aromatic N) is 2. The van der Waals surface area contributed by atoms with Crippen LogP contribution in [0.25, 0.3) is 22.0 Å². The van der Waals surface area contributed by atoms with E-state index in [2.05, 4.69) is 9.97 Å². The van der Waals surface area contributed by atoms with Gasteiger partial charge in [0.1, 0.15) is 0 Å². The fourth-order valence-corrected chi connectivity index (χ4v) is 2.53. The van der Waals surface area contributed by atoms with E-state index in [1.165, 1.54) is 0 Å². The Morgan fingerprint density at radius 1 is 1.16 bits per heavy atom. The number of aryl methyl sites for hydroxylation is 1. The highest BCUT2D eigenvalue weighted by Crippen LogP contribution is 2.32. The Hall–Kier alpha value is -2.13. The quantitative estimate of drug-likeness (QED) is 0.730. The Bertz CT molecular complexity index is 748.